The third kappa shape index (κ3) is 2.36. The molecular weight excluding hydrogens is 241 g/mol. The van der Waals surface area contributed by atoms with Gasteiger partial charge in [-0.1, -0.05) is 0 Å². The third-order valence-electron chi connectivity index (χ3n) is 2.96. The summed E-state index contributed by atoms with van der Waals surface area (Å²) in [5.41, 5.74) is 0.101. The zero-order chi connectivity index (χ0) is 12.7. The summed E-state index contributed by atoms with van der Waals surface area (Å²) in [6.07, 6.45) is -5.05. The van der Waals surface area contributed by atoms with Gasteiger partial charge in [-0.2, -0.15) is 13.2 Å². The van der Waals surface area contributed by atoms with E-state index in [-0.39, 0.29) is 5.41 Å². The highest BCUT2D eigenvalue weighted by molar-refractivity contribution is 5.83. The number of halogens is 3. The topological polar surface area (TPSA) is 58.6 Å². The van der Waals surface area contributed by atoms with Gasteiger partial charge in [0.25, 0.3) is 5.91 Å². The van der Waals surface area contributed by atoms with E-state index in [2.05, 4.69) is 10.1 Å². The van der Waals surface area contributed by atoms with E-state index in [1.807, 2.05) is 0 Å². The minimum absolute atomic E-state index is 0.101. The molecule has 0 aromatic rings. The number of alkyl halides is 3. The van der Waals surface area contributed by atoms with Crippen molar-refractivity contribution in [1.29, 1.82) is 0 Å². The number of rotatable bonds is 2. The molecule has 1 N–H and O–H groups in total. The van der Waals surface area contributed by atoms with E-state index in [0.29, 0.717) is 13.1 Å². The fourth-order valence-corrected chi connectivity index (χ4v) is 1.94. The lowest BCUT2D eigenvalue weighted by atomic mass is 9.74. The van der Waals surface area contributed by atoms with Crippen LogP contribution < -0.4 is 5.32 Å². The molecule has 0 unspecified atom stereocenters. The molecule has 0 aliphatic carbocycles. The summed E-state index contributed by atoms with van der Waals surface area (Å²) < 4.78 is 39.2. The summed E-state index contributed by atoms with van der Waals surface area (Å²) in [5, 5.41) is 3.06. The molecule has 0 aromatic heterocycles. The maximum Gasteiger partial charge on any atom is 0.490 e. The van der Waals surface area contributed by atoms with Crippen LogP contribution in [0.3, 0.4) is 0 Å². The van der Waals surface area contributed by atoms with Gasteiger partial charge in [-0.05, 0) is 0 Å². The molecule has 2 aliphatic rings. The average molecular weight is 252 g/mol. The molecule has 0 aromatic carbocycles. The van der Waals surface area contributed by atoms with Crippen LogP contribution in [0.1, 0.15) is 0 Å². The predicted molar refractivity (Wildman–Crippen MR) is 48.9 cm³/mol. The Kier molecular flexibility index (Phi) is 2.76. The fourth-order valence-electron chi connectivity index (χ4n) is 1.94. The van der Waals surface area contributed by atoms with Gasteiger partial charge < -0.3 is 15.0 Å². The minimum Gasteiger partial charge on any atom is -0.449 e. The van der Waals surface area contributed by atoms with E-state index in [4.69, 9.17) is 0 Å². The van der Waals surface area contributed by atoms with Gasteiger partial charge in [-0.15, -0.1) is 0 Å². The molecule has 96 valence electrons. The normalized spacial score (nSPS) is 21.7. The highest BCUT2D eigenvalue weighted by atomic mass is 19.4. The molecule has 0 radical (unpaired) electrons. The van der Waals surface area contributed by atoms with Crippen LogP contribution in [0.5, 0.6) is 0 Å². The number of hydrogen-bond donors (Lipinski definition) is 1. The SMILES string of the molecule is O=C(COC(=O)C(F)(F)F)N1CC2(CNC2)C1. The Bertz CT molecular complexity index is 344. The van der Waals surface area contributed by atoms with E-state index in [1.54, 1.807) is 0 Å². The van der Waals surface area contributed by atoms with Crippen LogP contribution >= 0.6 is 0 Å². The van der Waals surface area contributed by atoms with Crippen LogP contribution in [0.25, 0.3) is 0 Å². The Labute approximate surface area is 94.9 Å². The zero-order valence-electron chi connectivity index (χ0n) is 8.84. The first-order valence-electron chi connectivity index (χ1n) is 5.05. The maximum absolute atomic E-state index is 11.8. The number of ether oxygens (including phenoxy) is 1. The second-order valence-corrected chi connectivity index (χ2v) is 4.43. The van der Waals surface area contributed by atoms with Gasteiger partial charge in [0.05, 0.1) is 0 Å². The van der Waals surface area contributed by atoms with Gasteiger partial charge in [0.1, 0.15) is 0 Å². The Balaban J connectivity index is 1.70. The minimum atomic E-state index is -5.05. The second-order valence-electron chi connectivity index (χ2n) is 4.43. The molecule has 17 heavy (non-hydrogen) atoms. The van der Waals surface area contributed by atoms with Crippen LogP contribution in [0.15, 0.2) is 0 Å². The Morgan fingerprint density at radius 2 is 1.88 bits per heavy atom. The molecule has 2 saturated heterocycles. The number of carbonyl (C=O) groups excluding carboxylic acids is 2. The zero-order valence-corrected chi connectivity index (χ0v) is 8.84. The second kappa shape index (κ2) is 3.86. The van der Waals surface area contributed by atoms with Crippen LogP contribution in [-0.2, 0) is 14.3 Å². The lowest BCUT2D eigenvalue weighted by Gasteiger charge is -2.55. The Hall–Kier alpha value is -1.31. The van der Waals surface area contributed by atoms with Gasteiger partial charge >= 0.3 is 12.1 Å². The van der Waals surface area contributed by atoms with E-state index in [1.165, 1.54) is 4.90 Å². The number of esters is 1. The Morgan fingerprint density at radius 3 is 2.29 bits per heavy atom. The monoisotopic (exact) mass is 252 g/mol. The maximum atomic E-state index is 11.8. The molecular formula is C9H11F3N2O3. The molecule has 0 saturated carbocycles. The first-order chi connectivity index (χ1) is 7.82. The summed E-state index contributed by atoms with van der Waals surface area (Å²) in [5.74, 6) is -2.91. The molecule has 8 heteroatoms. The van der Waals surface area contributed by atoms with Gasteiger partial charge in [0.2, 0.25) is 0 Å². The van der Waals surface area contributed by atoms with Crippen molar-refractivity contribution in [3.8, 4) is 0 Å². The first kappa shape index (κ1) is 12.2. The van der Waals surface area contributed by atoms with Crippen LogP contribution in [0.4, 0.5) is 13.2 Å². The highest BCUT2D eigenvalue weighted by Crippen LogP contribution is 2.33. The van der Waals surface area contributed by atoms with Crippen LogP contribution in [0, 0.1) is 5.41 Å². The smallest absolute Gasteiger partial charge is 0.449 e. The van der Waals surface area contributed by atoms with E-state index in [0.717, 1.165) is 13.1 Å². The first-order valence-corrected chi connectivity index (χ1v) is 5.05. The van der Waals surface area contributed by atoms with E-state index >= 15 is 0 Å². The van der Waals surface area contributed by atoms with Crippen molar-refractivity contribution < 1.29 is 27.5 Å². The lowest BCUT2D eigenvalue weighted by molar-refractivity contribution is -0.201. The van der Waals surface area contributed by atoms with Gasteiger partial charge in [0, 0.05) is 31.6 Å². The van der Waals surface area contributed by atoms with Crippen LogP contribution in [0.2, 0.25) is 0 Å². The Morgan fingerprint density at radius 1 is 1.29 bits per heavy atom. The third-order valence-corrected chi connectivity index (χ3v) is 2.96. The molecule has 5 nitrogen and oxygen atoms in total. The van der Waals surface area contributed by atoms with Crippen molar-refractivity contribution in [3.63, 3.8) is 0 Å². The van der Waals surface area contributed by atoms with Crippen LogP contribution in [-0.4, -0.2) is 55.7 Å². The molecule has 2 heterocycles. The number of hydrogen-bond acceptors (Lipinski definition) is 4. The lowest BCUT2D eigenvalue weighted by Crippen LogP contribution is -2.72. The fraction of sp³-hybridized carbons (Fsp3) is 0.778. The number of nitrogens with zero attached hydrogens (tertiary/aromatic N) is 1. The molecule has 1 spiro atoms. The summed E-state index contributed by atoms with van der Waals surface area (Å²) >= 11 is 0. The highest BCUT2D eigenvalue weighted by Gasteiger charge is 2.49. The molecule has 2 aliphatic heterocycles. The number of amides is 1. The average Bonchev–Trinajstić information content (AvgIpc) is 2.07. The van der Waals surface area contributed by atoms with E-state index in [9.17, 15) is 22.8 Å². The summed E-state index contributed by atoms with van der Waals surface area (Å²) in [4.78, 5) is 23.1. The number of carbonyl (C=O) groups is 2. The molecule has 0 atom stereocenters. The summed E-state index contributed by atoms with van der Waals surface area (Å²) in [6.45, 7) is 1.82. The van der Waals surface area contributed by atoms with Gasteiger partial charge in [-0.25, -0.2) is 4.79 Å². The molecule has 2 fully saturated rings. The van der Waals surface area contributed by atoms with Crippen molar-refractivity contribution in [2.24, 2.45) is 5.41 Å². The number of nitrogens with one attached hydrogen (secondary N) is 1. The van der Waals surface area contributed by atoms with E-state index < -0.39 is 24.7 Å². The summed E-state index contributed by atoms with van der Waals surface area (Å²) in [7, 11) is 0. The number of likely N-dealkylation sites (tertiary alicyclic amines) is 1. The van der Waals surface area contributed by atoms with Crippen molar-refractivity contribution in [2.75, 3.05) is 32.8 Å². The molecule has 0 bridgehead atoms. The standard InChI is InChI=1S/C9H11F3N2O3/c10-9(11,12)7(16)17-1-6(15)14-4-8(5-14)2-13-3-8/h13H,1-5H2. The molecule has 2 rings (SSSR count). The van der Waals surface area contributed by atoms with Crippen molar-refractivity contribution >= 4 is 11.9 Å². The molecule has 1 amide bonds. The van der Waals surface area contributed by atoms with Crippen molar-refractivity contribution in [2.45, 2.75) is 6.18 Å². The quantitative estimate of drug-likeness (QED) is 0.675. The van der Waals surface area contributed by atoms with Gasteiger partial charge in [0.15, 0.2) is 6.61 Å². The predicted octanol–water partition coefficient (Wildman–Crippen LogP) is -0.476. The summed E-state index contributed by atoms with van der Waals surface area (Å²) in [6, 6.07) is 0. The van der Waals surface area contributed by atoms with Crippen molar-refractivity contribution in [3.05, 3.63) is 0 Å². The largest absolute Gasteiger partial charge is 0.490 e. The van der Waals surface area contributed by atoms with Gasteiger partial charge in [-0.3, -0.25) is 4.79 Å². The van der Waals surface area contributed by atoms with Crippen molar-refractivity contribution in [1.82, 2.24) is 10.2 Å².